The highest BCUT2D eigenvalue weighted by Crippen LogP contribution is 2.28. The molecule has 0 aliphatic carbocycles. The Morgan fingerprint density at radius 2 is 1.93 bits per heavy atom. The van der Waals surface area contributed by atoms with E-state index in [-0.39, 0.29) is 16.9 Å². The summed E-state index contributed by atoms with van der Waals surface area (Å²) >= 11 is 2.68. The fraction of sp³-hybridized carbons (Fsp3) is 0.0526. The van der Waals surface area contributed by atoms with Gasteiger partial charge < -0.3 is 4.98 Å². The Hall–Kier alpha value is -3.04. The number of pyridine rings is 1. The van der Waals surface area contributed by atoms with Gasteiger partial charge in [-0.15, -0.1) is 10.2 Å². The van der Waals surface area contributed by atoms with Crippen LogP contribution in [0.4, 0.5) is 9.52 Å². The van der Waals surface area contributed by atoms with Crippen LogP contribution in [0.25, 0.3) is 10.9 Å². The van der Waals surface area contributed by atoms with Gasteiger partial charge >= 0.3 is 0 Å². The molecule has 0 atom stereocenters. The van der Waals surface area contributed by atoms with E-state index in [2.05, 4.69) is 20.5 Å². The number of anilines is 1. The standard InChI is InChI=1S/C19H13FN4O2S2/c20-12-7-5-11(6-8-12)10-27-19-24-23-18(28-19)22-17(26)14-9-16(25)21-15-4-2-1-3-13(14)15/h1-9H,10H2,(H,21,25)(H,22,23,26). The van der Waals surface area contributed by atoms with Crippen LogP contribution >= 0.6 is 23.1 Å². The molecule has 0 aliphatic heterocycles. The second-order valence-corrected chi connectivity index (χ2v) is 8.04. The van der Waals surface area contributed by atoms with Gasteiger partial charge in [0.2, 0.25) is 10.7 Å². The minimum atomic E-state index is -0.423. The van der Waals surface area contributed by atoms with Crippen molar-refractivity contribution in [3.05, 3.63) is 81.9 Å². The van der Waals surface area contributed by atoms with Crippen LogP contribution < -0.4 is 10.9 Å². The molecule has 2 aromatic carbocycles. The molecule has 0 unspecified atom stereocenters. The Balaban J connectivity index is 1.47. The molecule has 0 fully saturated rings. The zero-order valence-electron chi connectivity index (χ0n) is 14.3. The fourth-order valence-electron chi connectivity index (χ4n) is 2.60. The zero-order chi connectivity index (χ0) is 19.5. The van der Waals surface area contributed by atoms with E-state index in [1.54, 1.807) is 36.4 Å². The highest BCUT2D eigenvalue weighted by molar-refractivity contribution is 8.00. The quantitative estimate of drug-likeness (QED) is 0.381. The third kappa shape index (κ3) is 4.10. The highest BCUT2D eigenvalue weighted by atomic mass is 32.2. The summed E-state index contributed by atoms with van der Waals surface area (Å²) in [6.45, 7) is 0. The highest BCUT2D eigenvalue weighted by Gasteiger charge is 2.14. The monoisotopic (exact) mass is 412 g/mol. The number of amides is 1. The van der Waals surface area contributed by atoms with E-state index in [0.29, 0.717) is 26.1 Å². The average molecular weight is 412 g/mol. The molecule has 0 spiro atoms. The van der Waals surface area contributed by atoms with Gasteiger partial charge in [0.25, 0.3) is 5.91 Å². The normalized spacial score (nSPS) is 10.9. The van der Waals surface area contributed by atoms with Gasteiger partial charge in [0.15, 0.2) is 4.34 Å². The first-order valence-corrected chi connectivity index (χ1v) is 10.0. The van der Waals surface area contributed by atoms with Crippen LogP contribution in [0.15, 0.2) is 63.7 Å². The largest absolute Gasteiger partial charge is 0.322 e. The molecule has 28 heavy (non-hydrogen) atoms. The molecule has 4 aromatic rings. The predicted octanol–water partition coefficient (Wildman–Crippen LogP) is 4.06. The summed E-state index contributed by atoms with van der Waals surface area (Å²) in [5.41, 5.74) is 1.47. The van der Waals surface area contributed by atoms with Crippen LogP contribution in [-0.2, 0) is 5.75 Å². The second-order valence-electron chi connectivity index (χ2n) is 5.84. The average Bonchev–Trinajstić information content (AvgIpc) is 3.14. The van der Waals surface area contributed by atoms with Crippen molar-refractivity contribution in [1.29, 1.82) is 0 Å². The lowest BCUT2D eigenvalue weighted by molar-refractivity contribution is 0.102. The van der Waals surface area contributed by atoms with Crippen molar-refractivity contribution in [2.75, 3.05) is 5.32 Å². The maximum atomic E-state index is 12.9. The van der Waals surface area contributed by atoms with E-state index in [0.717, 1.165) is 5.56 Å². The molecule has 2 aromatic heterocycles. The van der Waals surface area contributed by atoms with Crippen molar-refractivity contribution in [3.8, 4) is 0 Å². The minimum Gasteiger partial charge on any atom is -0.322 e. The number of hydrogen-bond acceptors (Lipinski definition) is 6. The first kappa shape index (κ1) is 18.3. The third-order valence-electron chi connectivity index (χ3n) is 3.90. The number of halogens is 1. The van der Waals surface area contributed by atoms with Crippen LogP contribution in [0.1, 0.15) is 15.9 Å². The van der Waals surface area contributed by atoms with Crippen LogP contribution in [0.3, 0.4) is 0 Å². The van der Waals surface area contributed by atoms with Crippen LogP contribution in [0, 0.1) is 5.82 Å². The van der Waals surface area contributed by atoms with E-state index in [1.807, 2.05) is 0 Å². The van der Waals surface area contributed by atoms with Gasteiger partial charge in [-0.05, 0) is 23.8 Å². The number of nitrogens with zero attached hydrogens (tertiary/aromatic N) is 2. The van der Waals surface area contributed by atoms with Gasteiger partial charge in [-0.3, -0.25) is 14.9 Å². The summed E-state index contributed by atoms with van der Waals surface area (Å²) in [6, 6.07) is 14.6. The SMILES string of the molecule is O=C(Nc1nnc(SCc2ccc(F)cc2)s1)c1cc(=O)[nH]c2ccccc12. The molecular formula is C19H13FN4O2S2. The van der Waals surface area contributed by atoms with Crippen molar-refractivity contribution in [3.63, 3.8) is 0 Å². The molecular weight excluding hydrogens is 399 g/mol. The number of thioether (sulfide) groups is 1. The van der Waals surface area contributed by atoms with Gasteiger partial charge in [-0.2, -0.15) is 0 Å². The van der Waals surface area contributed by atoms with Gasteiger partial charge in [0, 0.05) is 22.7 Å². The lowest BCUT2D eigenvalue weighted by Gasteiger charge is -2.05. The van der Waals surface area contributed by atoms with Gasteiger partial charge in [0.05, 0.1) is 5.56 Å². The topological polar surface area (TPSA) is 87.7 Å². The smallest absolute Gasteiger partial charge is 0.258 e. The summed E-state index contributed by atoms with van der Waals surface area (Å²) in [6.07, 6.45) is 0. The van der Waals surface area contributed by atoms with E-state index in [9.17, 15) is 14.0 Å². The number of nitrogens with one attached hydrogen (secondary N) is 2. The van der Waals surface area contributed by atoms with Crippen LogP contribution in [-0.4, -0.2) is 21.1 Å². The van der Waals surface area contributed by atoms with Crippen molar-refractivity contribution in [1.82, 2.24) is 15.2 Å². The maximum Gasteiger partial charge on any atom is 0.258 e. The molecule has 2 N–H and O–H groups in total. The van der Waals surface area contributed by atoms with Gasteiger partial charge in [-0.1, -0.05) is 53.4 Å². The van der Waals surface area contributed by atoms with E-state index in [1.165, 1.54) is 41.3 Å². The van der Waals surface area contributed by atoms with Crippen LogP contribution in [0.2, 0.25) is 0 Å². The Morgan fingerprint density at radius 3 is 2.75 bits per heavy atom. The summed E-state index contributed by atoms with van der Waals surface area (Å²) in [4.78, 5) is 27.2. The molecule has 1 amide bonds. The van der Waals surface area contributed by atoms with E-state index >= 15 is 0 Å². The number of rotatable bonds is 5. The molecule has 140 valence electrons. The van der Waals surface area contributed by atoms with E-state index in [4.69, 9.17) is 0 Å². The van der Waals surface area contributed by atoms with Crippen molar-refractivity contribution in [2.45, 2.75) is 10.1 Å². The van der Waals surface area contributed by atoms with Crippen molar-refractivity contribution in [2.24, 2.45) is 0 Å². The summed E-state index contributed by atoms with van der Waals surface area (Å²) in [5, 5.41) is 11.7. The van der Waals surface area contributed by atoms with Gasteiger partial charge in [-0.25, -0.2) is 4.39 Å². The first-order valence-electron chi connectivity index (χ1n) is 8.23. The lowest BCUT2D eigenvalue weighted by atomic mass is 10.1. The molecule has 0 saturated heterocycles. The fourth-order valence-corrected chi connectivity index (χ4v) is 4.30. The Labute approximate surface area is 166 Å². The molecule has 0 saturated carbocycles. The molecule has 0 bridgehead atoms. The second kappa shape index (κ2) is 7.91. The third-order valence-corrected chi connectivity index (χ3v) is 5.94. The van der Waals surface area contributed by atoms with Crippen molar-refractivity contribution < 1.29 is 9.18 Å². The Bertz CT molecular complexity index is 1200. The summed E-state index contributed by atoms with van der Waals surface area (Å²) in [7, 11) is 0. The summed E-state index contributed by atoms with van der Waals surface area (Å²) in [5.74, 6) is -0.0860. The van der Waals surface area contributed by atoms with Gasteiger partial charge in [0.1, 0.15) is 5.82 Å². The molecule has 0 aliphatic rings. The maximum absolute atomic E-state index is 12.9. The zero-order valence-corrected chi connectivity index (χ0v) is 15.9. The molecule has 4 rings (SSSR count). The minimum absolute atomic E-state index is 0.273. The van der Waals surface area contributed by atoms with Crippen molar-refractivity contribution >= 4 is 45.0 Å². The van der Waals surface area contributed by atoms with E-state index < -0.39 is 5.91 Å². The number of hydrogen-bond donors (Lipinski definition) is 2. The van der Waals surface area contributed by atoms with Crippen LogP contribution in [0.5, 0.6) is 0 Å². The Morgan fingerprint density at radius 1 is 1.14 bits per heavy atom. The first-order chi connectivity index (χ1) is 13.6. The number of fused-ring (bicyclic) bond motifs is 1. The Kier molecular flexibility index (Phi) is 5.18. The predicted molar refractivity (Wildman–Crippen MR) is 108 cm³/mol. The number of para-hydroxylation sites is 1. The lowest BCUT2D eigenvalue weighted by Crippen LogP contribution is -2.16. The molecule has 9 heteroatoms. The number of benzene rings is 2. The number of aromatic nitrogens is 3. The number of carbonyl (C=O) groups excluding carboxylic acids is 1. The number of aromatic amines is 1. The molecule has 2 heterocycles. The molecule has 6 nitrogen and oxygen atoms in total. The number of H-pyrrole nitrogens is 1. The summed E-state index contributed by atoms with van der Waals surface area (Å²) < 4.78 is 13.6. The molecule has 0 radical (unpaired) electrons. The number of carbonyl (C=O) groups is 1.